The van der Waals surface area contributed by atoms with Crippen LogP contribution in [0.3, 0.4) is 0 Å². The number of carbonyl (C=O) groups is 1. The van der Waals surface area contributed by atoms with Gasteiger partial charge in [0.1, 0.15) is 0 Å². The molecule has 0 spiro atoms. The molecule has 0 unspecified atom stereocenters. The Morgan fingerprint density at radius 2 is 2.11 bits per heavy atom. The van der Waals surface area contributed by atoms with Gasteiger partial charge in [-0.05, 0) is 26.8 Å². The molecule has 96 valence electrons. The van der Waals surface area contributed by atoms with Crippen molar-refractivity contribution in [1.82, 2.24) is 9.38 Å². The topological polar surface area (TPSA) is 77.5 Å². The summed E-state index contributed by atoms with van der Waals surface area (Å²) in [7, 11) is 0. The lowest BCUT2D eigenvalue weighted by atomic mass is 10.2. The number of fused-ring (bicyclic) bond motifs is 1. The molecule has 0 atom stereocenters. The van der Waals surface area contributed by atoms with Gasteiger partial charge in [0.25, 0.3) is 5.56 Å². The summed E-state index contributed by atoms with van der Waals surface area (Å²) in [6.45, 7) is 5.47. The molecule has 2 aromatic heterocycles. The molecule has 2 aromatic rings. The number of aromatic nitrogens is 2. The van der Waals surface area contributed by atoms with E-state index in [1.54, 1.807) is 13.8 Å². The molecule has 6 heteroatoms. The van der Waals surface area contributed by atoms with Crippen LogP contribution < -0.4 is 11.3 Å². The molecule has 5 nitrogen and oxygen atoms in total. The summed E-state index contributed by atoms with van der Waals surface area (Å²) in [6.07, 6.45) is 0.505. The van der Waals surface area contributed by atoms with Crippen LogP contribution in [0.1, 0.15) is 33.5 Å². The number of aryl methyl sites for hydroxylation is 2. The minimum atomic E-state index is -0.107. The second kappa shape index (κ2) is 4.62. The van der Waals surface area contributed by atoms with Crippen LogP contribution in [-0.2, 0) is 6.42 Å². The largest absolute Gasteiger partial charge is 0.330 e. The molecule has 0 saturated carbocycles. The third-order valence-electron chi connectivity index (χ3n) is 2.92. The van der Waals surface area contributed by atoms with Gasteiger partial charge in [0.2, 0.25) is 0 Å². The van der Waals surface area contributed by atoms with Gasteiger partial charge in [-0.15, -0.1) is 0 Å². The van der Waals surface area contributed by atoms with Crippen LogP contribution >= 0.6 is 11.3 Å². The van der Waals surface area contributed by atoms with Crippen LogP contribution in [0, 0.1) is 13.8 Å². The van der Waals surface area contributed by atoms with Crippen molar-refractivity contribution in [2.75, 3.05) is 6.54 Å². The number of rotatable bonds is 3. The molecule has 0 aliphatic carbocycles. The molecule has 0 aliphatic heterocycles. The zero-order valence-electron chi connectivity index (χ0n) is 10.6. The average molecular weight is 265 g/mol. The lowest BCUT2D eigenvalue weighted by Gasteiger charge is -2.04. The highest BCUT2D eigenvalue weighted by Crippen LogP contribution is 2.21. The first-order chi connectivity index (χ1) is 8.47. The van der Waals surface area contributed by atoms with Crippen molar-refractivity contribution >= 4 is 22.1 Å². The van der Waals surface area contributed by atoms with E-state index in [4.69, 9.17) is 5.73 Å². The summed E-state index contributed by atoms with van der Waals surface area (Å²) in [5.41, 5.74) is 7.39. The molecule has 0 saturated heterocycles. The molecule has 0 bridgehead atoms. The summed E-state index contributed by atoms with van der Waals surface area (Å²) in [6, 6.07) is 0. The normalized spacial score (nSPS) is 11.1. The minimum absolute atomic E-state index is 0.0413. The smallest absolute Gasteiger partial charge is 0.262 e. The van der Waals surface area contributed by atoms with E-state index in [2.05, 4.69) is 4.98 Å². The number of Topliss-reactive ketones (excluding diaryl/α,β-unsaturated/α-hetero) is 1. The first-order valence-electron chi connectivity index (χ1n) is 5.70. The zero-order valence-corrected chi connectivity index (χ0v) is 11.4. The van der Waals surface area contributed by atoms with Crippen molar-refractivity contribution in [3.05, 3.63) is 32.2 Å². The van der Waals surface area contributed by atoms with Gasteiger partial charge in [-0.3, -0.25) is 14.0 Å². The number of nitrogens with zero attached hydrogens (tertiary/aromatic N) is 2. The Hall–Kier alpha value is -1.53. The lowest BCUT2D eigenvalue weighted by molar-refractivity contribution is 0.102. The van der Waals surface area contributed by atoms with Crippen LogP contribution in [0.2, 0.25) is 0 Å². The van der Waals surface area contributed by atoms with Gasteiger partial charge in [0.05, 0.1) is 4.88 Å². The van der Waals surface area contributed by atoms with Crippen molar-refractivity contribution in [2.45, 2.75) is 27.2 Å². The Balaban J connectivity index is 2.85. The van der Waals surface area contributed by atoms with Gasteiger partial charge in [0, 0.05) is 23.9 Å². The number of ketones is 1. The molecule has 0 fully saturated rings. The fourth-order valence-corrected chi connectivity index (χ4v) is 3.09. The summed E-state index contributed by atoms with van der Waals surface area (Å²) in [5.74, 6) is -0.0413. The monoisotopic (exact) mass is 265 g/mol. The number of carbonyl (C=O) groups excluding carboxylic acids is 1. The second-order valence-electron chi connectivity index (χ2n) is 4.21. The quantitative estimate of drug-likeness (QED) is 0.842. The predicted octanol–water partition coefficient (Wildman–Crippen LogP) is 1.08. The maximum Gasteiger partial charge on any atom is 0.262 e. The lowest BCUT2D eigenvalue weighted by Crippen LogP contribution is -2.23. The van der Waals surface area contributed by atoms with Crippen LogP contribution in [0.25, 0.3) is 4.96 Å². The van der Waals surface area contributed by atoms with E-state index in [1.165, 1.54) is 22.7 Å². The molecule has 0 aliphatic rings. The SMILES string of the molecule is CC(=O)c1sc2nc(C)c(CCN)c(=O)n2c1C. The third-order valence-corrected chi connectivity index (χ3v) is 4.17. The van der Waals surface area contributed by atoms with Gasteiger partial charge in [0.15, 0.2) is 10.7 Å². The summed E-state index contributed by atoms with van der Waals surface area (Å²) in [5, 5.41) is 0. The Morgan fingerprint density at radius 1 is 1.44 bits per heavy atom. The molecular weight excluding hydrogens is 250 g/mol. The van der Waals surface area contributed by atoms with E-state index in [-0.39, 0.29) is 11.3 Å². The first-order valence-corrected chi connectivity index (χ1v) is 6.51. The van der Waals surface area contributed by atoms with E-state index in [9.17, 15) is 9.59 Å². The highest BCUT2D eigenvalue weighted by Gasteiger charge is 2.17. The van der Waals surface area contributed by atoms with Gasteiger partial charge in [-0.25, -0.2) is 4.98 Å². The molecule has 0 amide bonds. The van der Waals surface area contributed by atoms with Crippen LogP contribution in [-0.4, -0.2) is 21.7 Å². The number of nitrogens with two attached hydrogens (primary N) is 1. The van der Waals surface area contributed by atoms with Crippen LogP contribution in [0.15, 0.2) is 4.79 Å². The van der Waals surface area contributed by atoms with Crippen molar-refractivity contribution in [3.63, 3.8) is 0 Å². The molecule has 0 aromatic carbocycles. The number of hydrogen-bond donors (Lipinski definition) is 1. The minimum Gasteiger partial charge on any atom is -0.330 e. The Labute approximate surface area is 108 Å². The Kier molecular flexibility index (Phi) is 3.32. The fourth-order valence-electron chi connectivity index (χ4n) is 2.03. The highest BCUT2D eigenvalue weighted by atomic mass is 32.1. The molecule has 0 radical (unpaired) electrons. The van der Waals surface area contributed by atoms with E-state index < -0.39 is 0 Å². The van der Waals surface area contributed by atoms with Gasteiger partial charge < -0.3 is 5.73 Å². The average Bonchev–Trinajstić information content (AvgIpc) is 2.62. The molecular formula is C12H15N3O2S. The third kappa shape index (κ3) is 1.87. The van der Waals surface area contributed by atoms with E-state index in [0.717, 1.165) is 0 Å². The Bertz CT molecular complexity index is 685. The number of hydrogen-bond acceptors (Lipinski definition) is 5. The molecule has 2 rings (SSSR count). The molecule has 2 heterocycles. The summed E-state index contributed by atoms with van der Waals surface area (Å²) < 4.78 is 1.51. The zero-order chi connectivity index (χ0) is 13.4. The maximum absolute atomic E-state index is 12.4. The number of thiazole rings is 1. The van der Waals surface area contributed by atoms with E-state index in [0.29, 0.717) is 39.8 Å². The Morgan fingerprint density at radius 3 is 2.67 bits per heavy atom. The summed E-state index contributed by atoms with van der Waals surface area (Å²) in [4.78, 5) is 29.4. The highest BCUT2D eigenvalue weighted by molar-refractivity contribution is 7.19. The van der Waals surface area contributed by atoms with Crippen LogP contribution in [0.5, 0.6) is 0 Å². The van der Waals surface area contributed by atoms with Crippen molar-refractivity contribution in [2.24, 2.45) is 5.73 Å². The van der Waals surface area contributed by atoms with E-state index in [1.807, 2.05) is 0 Å². The first kappa shape index (κ1) is 12.9. The molecule has 2 N–H and O–H groups in total. The summed E-state index contributed by atoms with van der Waals surface area (Å²) >= 11 is 1.26. The van der Waals surface area contributed by atoms with Gasteiger partial charge >= 0.3 is 0 Å². The molecule has 18 heavy (non-hydrogen) atoms. The second-order valence-corrected chi connectivity index (χ2v) is 5.19. The van der Waals surface area contributed by atoms with E-state index >= 15 is 0 Å². The van der Waals surface area contributed by atoms with Gasteiger partial charge in [-0.2, -0.15) is 0 Å². The predicted molar refractivity (Wildman–Crippen MR) is 71.6 cm³/mol. The van der Waals surface area contributed by atoms with Gasteiger partial charge in [-0.1, -0.05) is 11.3 Å². The standard InChI is InChI=1S/C12H15N3O2S/c1-6-9(4-5-13)11(17)15-7(2)10(8(3)16)18-12(15)14-6/h4-5,13H2,1-3H3. The fraction of sp³-hybridized carbons (Fsp3) is 0.417. The van der Waals surface area contributed by atoms with Crippen molar-refractivity contribution in [1.29, 1.82) is 0 Å². The van der Waals surface area contributed by atoms with Crippen molar-refractivity contribution < 1.29 is 4.79 Å². The maximum atomic E-state index is 12.4. The van der Waals surface area contributed by atoms with Crippen molar-refractivity contribution in [3.8, 4) is 0 Å². The van der Waals surface area contributed by atoms with Crippen LogP contribution in [0.4, 0.5) is 0 Å².